The Hall–Kier alpha value is -4.10. The fourth-order valence-electron chi connectivity index (χ4n) is 6.99. The van der Waals surface area contributed by atoms with E-state index >= 15 is 0 Å². The van der Waals surface area contributed by atoms with E-state index in [1.165, 1.54) is 17.0 Å². The van der Waals surface area contributed by atoms with Crippen LogP contribution < -0.4 is 20.5 Å². The number of halogens is 1. The number of allylic oxidation sites excluding steroid dienone is 1. The maximum Gasteiger partial charge on any atom is 0.259 e. The third-order valence-corrected chi connectivity index (χ3v) is 12.6. The number of ether oxygens (including phenoxy) is 1. The zero-order valence-corrected chi connectivity index (χ0v) is 27.6. The minimum absolute atomic E-state index is 0.0388. The average Bonchev–Trinajstić information content (AvgIpc) is 3.93. The van der Waals surface area contributed by atoms with Crippen molar-refractivity contribution in [3.05, 3.63) is 60.4 Å². The molecular formula is C35H40FN5O6S. The summed E-state index contributed by atoms with van der Waals surface area (Å²) in [7, 11) is -3.95. The molecule has 11 nitrogen and oxygen atoms in total. The molecule has 0 unspecified atom stereocenters. The van der Waals surface area contributed by atoms with Crippen molar-refractivity contribution >= 4 is 49.4 Å². The second-order valence-electron chi connectivity index (χ2n) is 13.9. The summed E-state index contributed by atoms with van der Waals surface area (Å²) < 4.78 is 47.9. The van der Waals surface area contributed by atoms with Gasteiger partial charge in [0.15, 0.2) is 0 Å². The Morgan fingerprint density at radius 1 is 1.10 bits per heavy atom. The van der Waals surface area contributed by atoms with Crippen LogP contribution in [0, 0.1) is 11.7 Å². The van der Waals surface area contributed by atoms with Crippen molar-refractivity contribution in [2.75, 3.05) is 6.54 Å². The van der Waals surface area contributed by atoms with Crippen LogP contribution in [0.4, 0.5) is 4.39 Å². The molecule has 2 saturated carbocycles. The number of nitrogens with one attached hydrogen (secondary N) is 2. The van der Waals surface area contributed by atoms with E-state index in [4.69, 9.17) is 10.5 Å². The lowest BCUT2D eigenvalue weighted by Crippen LogP contribution is -2.58. The number of sulfonamides is 1. The zero-order valence-electron chi connectivity index (χ0n) is 26.8. The minimum Gasteiger partial charge on any atom is -0.472 e. The van der Waals surface area contributed by atoms with E-state index in [9.17, 15) is 27.2 Å². The van der Waals surface area contributed by atoms with Crippen LogP contribution in [0.1, 0.15) is 64.7 Å². The van der Waals surface area contributed by atoms with Gasteiger partial charge in [-0.15, -0.1) is 0 Å². The van der Waals surface area contributed by atoms with E-state index in [-0.39, 0.29) is 25.3 Å². The molecule has 48 heavy (non-hydrogen) atoms. The number of carbonyl (C=O) groups excluding carboxylic acids is 3. The Labute approximate surface area is 278 Å². The van der Waals surface area contributed by atoms with Crippen LogP contribution in [-0.4, -0.2) is 71.0 Å². The molecule has 1 saturated heterocycles. The van der Waals surface area contributed by atoms with Gasteiger partial charge < -0.3 is 20.7 Å². The average molecular weight is 678 g/mol. The number of aromatic nitrogens is 1. The number of carbonyl (C=O) groups is 3. The molecular weight excluding hydrogens is 637 g/mol. The van der Waals surface area contributed by atoms with Crippen LogP contribution in [0.15, 0.2) is 54.6 Å². The maximum atomic E-state index is 14.2. The highest BCUT2D eigenvalue weighted by Gasteiger charge is 2.63. The van der Waals surface area contributed by atoms with Crippen LogP contribution in [0.2, 0.25) is 0 Å². The summed E-state index contributed by atoms with van der Waals surface area (Å²) >= 11 is 0. The van der Waals surface area contributed by atoms with E-state index < -0.39 is 68.0 Å². The highest BCUT2D eigenvalue weighted by molar-refractivity contribution is 7.91. The highest BCUT2D eigenvalue weighted by atomic mass is 32.2. The van der Waals surface area contributed by atoms with Gasteiger partial charge in [0.25, 0.3) is 5.91 Å². The van der Waals surface area contributed by atoms with Gasteiger partial charge in [-0.1, -0.05) is 43.2 Å². The molecule has 3 fully saturated rings. The first-order chi connectivity index (χ1) is 22.9. The number of rotatable bonds is 5. The molecule has 0 radical (unpaired) electrons. The Balaban J connectivity index is 1.19. The summed E-state index contributed by atoms with van der Waals surface area (Å²) in [5.74, 6) is -2.36. The van der Waals surface area contributed by atoms with Crippen LogP contribution in [0.3, 0.4) is 0 Å². The lowest BCUT2D eigenvalue weighted by molar-refractivity contribution is -0.140. The molecule has 2 aliphatic heterocycles. The summed E-state index contributed by atoms with van der Waals surface area (Å²) in [6.45, 7) is 1.63. The second-order valence-corrected chi connectivity index (χ2v) is 16.1. The molecule has 1 aromatic heterocycles. The van der Waals surface area contributed by atoms with E-state index in [0.717, 1.165) is 36.5 Å². The summed E-state index contributed by atoms with van der Waals surface area (Å²) in [5, 5.41) is 5.14. The molecule has 3 heterocycles. The third-order valence-electron chi connectivity index (χ3n) is 10.4. The smallest absolute Gasteiger partial charge is 0.259 e. The fraction of sp³-hybridized carbons (Fsp3) is 0.486. The molecule has 2 aliphatic carbocycles. The fourth-order valence-corrected chi connectivity index (χ4v) is 8.30. The van der Waals surface area contributed by atoms with E-state index in [0.29, 0.717) is 30.2 Å². The number of hydrogen-bond donors (Lipinski definition) is 3. The van der Waals surface area contributed by atoms with Crippen LogP contribution in [0.5, 0.6) is 5.88 Å². The van der Waals surface area contributed by atoms with E-state index in [1.807, 2.05) is 36.4 Å². The van der Waals surface area contributed by atoms with Crippen molar-refractivity contribution in [1.29, 1.82) is 0 Å². The van der Waals surface area contributed by atoms with Crippen molar-refractivity contribution in [2.45, 2.75) is 93.2 Å². The van der Waals surface area contributed by atoms with Crippen molar-refractivity contribution < 1.29 is 31.9 Å². The Morgan fingerprint density at radius 3 is 2.65 bits per heavy atom. The van der Waals surface area contributed by atoms with Gasteiger partial charge in [-0.25, -0.2) is 17.8 Å². The number of fused-ring (bicyclic) bond motifs is 5. The quantitative estimate of drug-likeness (QED) is 0.273. The van der Waals surface area contributed by atoms with E-state index in [1.54, 1.807) is 13.0 Å². The largest absolute Gasteiger partial charge is 0.472 e. The van der Waals surface area contributed by atoms with Gasteiger partial charge in [-0.3, -0.25) is 19.1 Å². The molecule has 3 amide bonds. The number of benzene rings is 2. The molecule has 254 valence electrons. The van der Waals surface area contributed by atoms with Crippen molar-refractivity contribution in [2.24, 2.45) is 11.7 Å². The zero-order chi connectivity index (χ0) is 33.8. The van der Waals surface area contributed by atoms with E-state index in [2.05, 4.69) is 15.0 Å². The minimum atomic E-state index is -3.95. The van der Waals surface area contributed by atoms with Gasteiger partial charge in [0.2, 0.25) is 27.7 Å². The second kappa shape index (κ2) is 12.1. The maximum absolute atomic E-state index is 14.2. The van der Waals surface area contributed by atoms with Gasteiger partial charge in [0.1, 0.15) is 23.5 Å². The Morgan fingerprint density at radius 2 is 1.88 bits per heavy atom. The lowest BCUT2D eigenvalue weighted by atomic mass is 10.1. The summed E-state index contributed by atoms with van der Waals surface area (Å²) in [6.07, 6.45) is 8.04. The van der Waals surface area contributed by atoms with Gasteiger partial charge in [-0.2, -0.15) is 0 Å². The topological polar surface area (TPSA) is 161 Å². The molecule has 4 N–H and O–H groups in total. The summed E-state index contributed by atoms with van der Waals surface area (Å²) in [4.78, 5) is 47.6. The molecule has 3 aromatic rings. The molecule has 7 rings (SSSR count). The van der Waals surface area contributed by atoms with Crippen LogP contribution in [0.25, 0.3) is 21.7 Å². The molecule has 13 heteroatoms. The SMILES string of the molecule is CC1(S(=O)(=O)NC(=O)[C@@]23C[C@H]2C=CCCCCC[C@H](N)C(=O)N2C[C@H](Oc4nc5cc(F)ccc5c5ccccc45)C[C@H]2C(=O)N3)CC1. The molecule has 0 spiro atoms. The predicted octanol–water partition coefficient (Wildman–Crippen LogP) is 3.60. The third kappa shape index (κ3) is 5.91. The molecule has 4 aliphatic rings. The molecule has 5 atom stereocenters. The Bertz CT molecular complexity index is 1950. The van der Waals surface area contributed by atoms with Crippen LogP contribution >= 0.6 is 0 Å². The summed E-state index contributed by atoms with van der Waals surface area (Å²) in [5.41, 5.74) is 5.31. The first kappa shape index (κ1) is 32.4. The Kier molecular flexibility index (Phi) is 8.18. The monoisotopic (exact) mass is 677 g/mol. The highest BCUT2D eigenvalue weighted by Crippen LogP contribution is 2.47. The van der Waals surface area contributed by atoms with Crippen molar-refractivity contribution in [1.82, 2.24) is 19.9 Å². The standard InChI is InChI=1S/C35H40FN5O6S/c1-34(15-16-34)48(45,46)40-33(44)35-19-21(35)9-5-3-2-4-6-12-27(37)32(43)41-20-23(18-29(41)30(42)39-35)47-31-26-11-8-7-10-24(26)25-14-13-22(36)17-28(25)38-31/h5,7-11,13-14,17,21,23,27,29H,2-4,6,12,15-16,18-20,37H2,1H3,(H,39,42)(H,40,44)/t21-,23-,27+,29+,35-/m1/s1. The van der Waals surface area contributed by atoms with Crippen molar-refractivity contribution in [3.8, 4) is 5.88 Å². The molecule has 0 bridgehead atoms. The number of amides is 3. The van der Waals surface area contributed by atoms with Crippen LogP contribution in [-0.2, 0) is 24.4 Å². The first-order valence-corrected chi connectivity index (χ1v) is 18.2. The molecule has 2 aromatic carbocycles. The predicted molar refractivity (Wildman–Crippen MR) is 178 cm³/mol. The van der Waals surface area contributed by atoms with Gasteiger partial charge >= 0.3 is 0 Å². The first-order valence-electron chi connectivity index (χ1n) is 16.7. The van der Waals surface area contributed by atoms with Gasteiger partial charge in [0.05, 0.1) is 22.9 Å². The van der Waals surface area contributed by atoms with Gasteiger partial charge in [0, 0.05) is 29.2 Å². The number of pyridine rings is 1. The number of nitrogens with zero attached hydrogens (tertiary/aromatic N) is 2. The van der Waals surface area contributed by atoms with Crippen molar-refractivity contribution in [3.63, 3.8) is 0 Å². The number of hydrogen-bond acceptors (Lipinski definition) is 8. The normalized spacial score (nSPS) is 28.9. The lowest BCUT2D eigenvalue weighted by Gasteiger charge is -2.28. The summed E-state index contributed by atoms with van der Waals surface area (Å²) in [6, 6.07) is 9.97. The number of nitrogens with two attached hydrogens (primary N) is 1. The van der Waals surface area contributed by atoms with Gasteiger partial charge in [-0.05, 0) is 69.0 Å².